The van der Waals surface area contributed by atoms with Crippen LogP contribution in [0.3, 0.4) is 0 Å². The molecule has 1 atom stereocenters. The van der Waals surface area contributed by atoms with E-state index in [4.69, 9.17) is 5.11 Å². The minimum atomic E-state index is -0.786. The maximum Gasteiger partial charge on any atom is 0.336 e. The van der Waals surface area contributed by atoms with E-state index in [2.05, 4.69) is 24.3 Å². The van der Waals surface area contributed by atoms with Crippen LogP contribution >= 0.6 is 11.3 Å². The van der Waals surface area contributed by atoms with Crippen LogP contribution < -0.4 is 0 Å². The van der Waals surface area contributed by atoms with Crippen LogP contribution in [0.1, 0.15) is 38.7 Å². The Morgan fingerprint density at radius 3 is 2.78 bits per heavy atom. The predicted molar refractivity (Wildman–Crippen MR) is 72.5 cm³/mol. The average molecular weight is 258 g/mol. The molecule has 1 aliphatic rings. The van der Waals surface area contributed by atoms with Crippen LogP contribution in [0.4, 0.5) is 0 Å². The lowest BCUT2D eigenvalue weighted by molar-refractivity contribution is 0.0696. The van der Waals surface area contributed by atoms with Gasteiger partial charge < -0.3 is 5.11 Å². The number of benzene rings is 1. The molecule has 1 N–H and O–H groups in total. The van der Waals surface area contributed by atoms with Gasteiger partial charge in [0.1, 0.15) is 0 Å². The van der Waals surface area contributed by atoms with Crippen molar-refractivity contribution in [3.05, 3.63) is 57.3 Å². The molecule has 1 aromatic heterocycles. The Balaban J connectivity index is 1.89. The molecule has 0 aliphatic heterocycles. The van der Waals surface area contributed by atoms with Crippen molar-refractivity contribution in [3.8, 4) is 0 Å². The number of hydrogen-bond acceptors (Lipinski definition) is 2. The number of rotatable bonds is 2. The van der Waals surface area contributed by atoms with Crippen LogP contribution in [0.2, 0.25) is 0 Å². The Labute approximate surface area is 110 Å². The molecule has 2 aromatic rings. The molecule has 3 heteroatoms. The number of carbonyl (C=O) groups is 1. The second-order valence-electron chi connectivity index (χ2n) is 4.71. The van der Waals surface area contributed by atoms with E-state index in [9.17, 15) is 4.79 Å². The smallest absolute Gasteiger partial charge is 0.336 e. The highest BCUT2D eigenvalue weighted by molar-refractivity contribution is 7.10. The molecule has 0 bridgehead atoms. The summed E-state index contributed by atoms with van der Waals surface area (Å²) in [6.45, 7) is 0. The fourth-order valence-corrected chi connectivity index (χ4v) is 3.86. The molecule has 0 fully saturated rings. The number of fused-ring (bicyclic) bond motifs is 1. The fraction of sp³-hybridized carbons (Fsp3) is 0.267. The molecule has 1 heterocycles. The molecule has 1 aromatic carbocycles. The van der Waals surface area contributed by atoms with E-state index in [1.807, 2.05) is 6.07 Å². The molecular formula is C15H14O2S. The van der Waals surface area contributed by atoms with Crippen LogP contribution in [-0.4, -0.2) is 11.1 Å². The summed E-state index contributed by atoms with van der Waals surface area (Å²) in [5.41, 5.74) is 2.95. The van der Waals surface area contributed by atoms with Crippen molar-refractivity contribution in [3.63, 3.8) is 0 Å². The fourth-order valence-electron chi connectivity index (χ4n) is 2.70. The minimum Gasteiger partial charge on any atom is -0.478 e. The molecule has 92 valence electrons. The van der Waals surface area contributed by atoms with Gasteiger partial charge in [0.15, 0.2) is 0 Å². The van der Waals surface area contributed by atoms with Crippen molar-refractivity contribution in [2.45, 2.75) is 25.2 Å². The number of carboxylic acid groups (broad SMARTS) is 1. The molecular weight excluding hydrogens is 244 g/mol. The molecule has 18 heavy (non-hydrogen) atoms. The molecule has 1 aliphatic carbocycles. The van der Waals surface area contributed by atoms with Gasteiger partial charge in [-0.3, -0.25) is 0 Å². The Kier molecular flexibility index (Phi) is 2.92. The third-order valence-electron chi connectivity index (χ3n) is 3.66. The van der Waals surface area contributed by atoms with E-state index >= 15 is 0 Å². The van der Waals surface area contributed by atoms with Crippen LogP contribution in [0.25, 0.3) is 0 Å². The summed E-state index contributed by atoms with van der Waals surface area (Å²) >= 11 is 1.60. The lowest BCUT2D eigenvalue weighted by Gasteiger charge is -2.22. The van der Waals surface area contributed by atoms with Crippen molar-refractivity contribution >= 4 is 17.3 Å². The van der Waals surface area contributed by atoms with Gasteiger partial charge >= 0.3 is 5.97 Å². The molecule has 0 saturated heterocycles. The first-order valence-corrected chi connectivity index (χ1v) is 7.01. The van der Waals surface area contributed by atoms with Gasteiger partial charge in [-0.05, 0) is 36.3 Å². The SMILES string of the molecule is O=C(O)c1csc2c1CCC(c1ccccc1)C2. The van der Waals surface area contributed by atoms with Gasteiger partial charge in [0.25, 0.3) is 0 Å². The quantitative estimate of drug-likeness (QED) is 0.891. The summed E-state index contributed by atoms with van der Waals surface area (Å²) in [6.07, 6.45) is 2.92. The highest BCUT2D eigenvalue weighted by atomic mass is 32.1. The Morgan fingerprint density at radius 2 is 2.06 bits per heavy atom. The average Bonchev–Trinajstić information content (AvgIpc) is 2.82. The molecule has 2 nitrogen and oxygen atoms in total. The molecule has 0 amide bonds. The third kappa shape index (κ3) is 1.95. The summed E-state index contributed by atoms with van der Waals surface area (Å²) in [5.74, 6) is -0.246. The van der Waals surface area contributed by atoms with Gasteiger partial charge in [-0.15, -0.1) is 11.3 Å². The van der Waals surface area contributed by atoms with Gasteiger partial charge in [-0.2, -0.15) is 0 Å². The monoisotopic (exact) mass is 258 g/mol. The van der Waals surface area contributed by atoms with E-state index in [0.29, 0.717) is 11.5 Å². The molecule has 0 radical (unpaired) electrons. The van der Waals surface area contributed by atoms with Gasteiger partial charge in [0.2, 0.25) is 0 Å². The minimum absolute atomic E-state index is 0.515. The lowest BCUT2D eigenvalue weighted by Crippen LogP contribution is -2.13. The molecule has 0 saturated carbocycles. The van der Waals surface area contributed by atoms with Gasteiger partial charge in [-0.1, -0.05) is 30.3 Å². The van der Waals surface area contributed by atoms with Crippen molar-refractivity contribution in [1.29, 1.82) is 0 Å². The molecule has 3 rings (SSSR count). The zero-order valence-corrected chi connectivity index (χ0v) is 10.7. The summed E-state index contributed by atoms with van der Waals surface area (Å²) < 4.78 is 0. The topological polar surface area (TPSA) is 37.3 Å². The largest absolute Gasteiger partial charge is 0.478 e. The second kappa shape index (κ2) is 4.58. The van der Waals surface area contributed by atoms with Crippen LogP contribution in [0.15, 0.2) is 35.7 Å². The van der Waals surface area contributed by atoms with Crippen molar-refractivity contribution in [2.24, 2.45) is 0 Å². The number of carboxylic acids is 1. The zero-order chi connectivity index (χ0) is 12.5. The number of aromatic carboxylic acids is 1. The van der Waals surface area contributed by atoms with E-state index < -0.39 is 5.97 Å². The highest BCUT2D eigenvalue weighted by Gasteiger charge is 2.25. The Hall–Kier alpha value is -1.61. The summed E-state index contributed by atoms with van der Waals surface area (Å²) in [6, 6.07) is 10.5. The number of thiophene rings is 1. The maximum atomic E-state index is 11.1. The first kappa shape index (κ1) is 11.5. The van der Waals surface area contributed by atoms with E-state index in [1.165, 1.54) is 10.4 Å². The third-order valence-corrected chi connectivity index (χ3v) is 4.71. The first-order chi connectivity index (χ1) is 8.75. The van der Waals surface area contributed by atoms with Crippen molar-refractivity contribution in [2.75, 3.05) is 0 Å². The van der Waals surface area contributed by atoms with E-state index in [0.717, 1.165) is 24.8 Å². The molecule has 1 unspecified atom stereocenters. The first-order valence-electron chi connectivity index (χ1n) is 6.13. The van der Waals surface area contributed by atoms with Gasteiger partial charge in [0.05, 0.1) is 5.56 Å². The van der Waals surface area contributed by atoms with Crippen LogP contribution in [-0.2, 0) is 12.8 Å². The van der Waals surface area contributed by atoms with E-state index in [-0.39, 0.29) is 0 Å². The summed E-state index contributed by atoms with van der Waals surface area (Å²) in [7, 11) is 0. The predicted octanol–water partition coefficient (Wildman–Crippen LogP) is 3.72. The van der Waals surface area contributed by atoms with E-state index in [1.54, 1.807) is 16.7 Å². The molecule has 0 spiro atoms. The van der Waals surface area contributed by atoms with Crippen molar-refractivity contribution in [1.82, 2.24) is 0 Å². The Morgan fingerprint density at radius 1 is 1.28 bits per heavy atom. The summed E-state index contributed by atoms with van der Waals surface area (Å²) in [5, 5.41) is 10.9. The standard InChI is InChI=1S/C15H14O2S/c16-15(17)13-9-18-14-8-11(6-7-12(13)14)10-4-2-1-3-5-10/h1-5,9,11H,6-8H2,(H,16,17). The van der Waals surface area contributed by atoms with Gasteiger partial charge in [0, 0.05) is 10.3 Å². The lowest BCUT2D eigenvalue weighted by atomic mass is 9.83. The normalized spacial score (nSPS) is 18.3. The van der Waals surface area contributed by atoms with Crippen LogP contribution in [0, 0.1) is 0 Å². The number of hydrogen-bond donors (Lipinski definition) is 1. The van der Waals surface area contributed by atoms with Crippen LogP contribution in [0.5, 0.6) is 0 Å². The zero-order valence-electron chi connectivity index (χ0n) is 9.93. The highest BCUT2D eigenvalue weighted by Crippen LogP contribution is 2.37. The van der Waals surface area contributed by atoms with Gasteiger partial charge in [-0.25, -0.2) is 4.79 Å². The summed E-state index contributed by atoms with van der Waals surface area (Å²) in [4.78, 5) is 12.3. The maximum absolute atomic E-state index is 11.1. The Bertz CT molecular complexity index is 571. The van der Waals surface area contributed by atoms with Crippen molar-refractivity contribution < 1.29 is 9.90 Å². The second-order valence-corrected chi connectivity index (χ2v) is 5.67.